The summed E-state index contributed by atoms with van der Waals surface area (Å²) >= 11 is 0. The molecule has 1 aromatic carbocycles. The zero-order valence-electron chi connectivity index (χ0n) is 17.9. The van der Waals surface area contributed by atoms with Crippen molar-refractivity contribution in [1.29, 1.82) is 0 Å². The number of aromatic nitrogens is 1. The van der Waals surface area contributed by atoms with E-state index >= 15 is 0 Å². The molecule has 10 heteroatoms. The topological polar surface area (TPSA) is 118 Å². The Hall–Kier alpha value is -2.69. The van der Waals surface area contributed by atoms with Gasteiger partial charge in [-0.05, 0) is 30.5 Å². The van der Waals surface area contributed by atoms with Gasteiger partial charge in [0, 0.05) is 25.3 Å². The van der Waals surface area contributed by atoms with Crippen molar-refractivity contribution in [2.75, 3.05) is 33.4 Å². The number of methoxy groups -OCH3 is 1. The fourth-order valence-electron chi connectivity index (χ4n) is 3.63. The Kier molecular flexibility index (Phi) is 7.14. The molecule has 0 spiro atoms. The van der Waals surface area contributed by atoms with E-state index in [1.807, 2.05) is 0 Å². The Morgan fingerprint density at radius 1 is 1.16 bits per heavy atom. The monoisotopic (exact) mass is 449 g/mol. The minimum Gasteiger partial charge on any atom is -0.465 e. The Bertz CT molecular complexity index is 1070. The molecule has 2 aromatic rings. The summed E-state index contributed by atoms with van der Waals surface area (Å²) < 4.78 is 37.0. The van der Waals surface area contributed by atoms with Gasteiger partial charge >= 0.3 is 5.97 Å². The molecule has 0 saturated carbocycles. The number of nitrogens with zero attached hydrogens (tertiary/aromatic N) is 1. The van der Waals surface area contributed by atoms with Gasteiger partial charge in [-0.1, -0.05) is 24.3 Å². The van der Waals surface area contributed by atoms with E-state index in [9.17, 15) is 18.0 Å². The van der Waals surface area contributed by atoms with Crippen LogP contribution in [0.5, 0.6) is 0 Å². The van der Waals surface area contributed by atoms with Crippen molar-refractivity contribution >= 4 is 21.9 Å². The molecule has 9 nitrogen and oxygen atoms in total. The van der Waals surface area contributed by atoms with Crippen molar-refractivity contribution in [2.24, 2.45) is 0 Å². The molecule has 2 N–H and O–H groups in total. The summed E-state index contributed by atoms with van der Waals surface area (Å²) in [7, 11) is -2.20. The molecular weight excluding hydrogens is 422 g/mol. The number of sulfonamides is 1. The molecule has 31 heavy (non-hydrogen) atoms. The van der Waals surface area contributed by atoms with Crippen LogP contribution in [-0.2, 0) is 31.8 Å². The number of amides is 1. The number of ether oxygens (including phenoxy) is 2. The maximum Gasteiger partial charge on any atom is 0.339 e. The summed E-state index contributed by atoms with van der Waals surface area (Å²) in [6.07, 6.45) is 0. The second-order valence-corrected chi connectivity index (χ2v) is 9.30. The van der Waals surface area contributed by atoms with E-state index in [0.29, 0.717) is 54.3 Å². The Morgan fingerprint density at radius 3 is 2.45 bits per heavy atom. The van der Waals surface area contributed by atoms with Crippen LogP contribution < -0.4 is 5.32 Å². The van der Waals surface area contributed by atoms with Crippen LogP contribution in [0.25, 0.3) is 0 Å². The van der Waals surface area contributed by atoms with Gasteiger partial charge < -0.3 is 19.8 Å². The molecule has 3 rings (SSSR count). The second-order valence-electron chi connectivity index (χ2n) is 7.34. The third-order valence-electron chi connectivity index (χ3n) is 5.31. The van der Waals surface area contributed by atoms with E-state index in [2.05, 4.69) is 10.3 Å². The average molecular weight is 450 g/mol. The molecule has 2 heterocycles. The number of nitrogens with one attached hydrogen (secondary N) is 2. The van der Waals surface area contributed by atoms with Crippen molar-refractivity contribution in [3.8, 4) is 0 Å². The van der Waals surface area contributed by atoms with Crippen LogP contribution >= 0.6 is 0 Å². The van der Waals surface area contributed by atoms with Gasteiger partial charge in [0.2, 0.25) is 10.0 Å². The van der Waals surface area contributed by atoms with Crippen molar-refractivity contribution in [3.05, 3.63) is 57.9 Å². The zero-order valence-corrected chi connectivity index (χ0v) is 18.7. The highest BCUT2D eigenvalue weighted by Crippen LogP contribution is 2.20. The highest BCUT2D eigenvalue weighted by molar-refractivity contribution is 7.88. The second kappa shape index (κ2) is 9.63. The molecule has 1 aromatic heterocycles. The predicted molar refractivity (Wildman–Crippen MR) is 114 cm³/mol. The van der Waals surface area contributed by atoms with Gasteiger partial charge in [-0.3, -0.25) is 4.79 Å². The van der Waals surface area contributed by atoms with Gasteiger partial charge in [-0.25, -0.2) is 13.2 Å². The number of hydrogen-bond donors (Lipinski definition) is 2. The van der Waals surface area contributed by atoms with Crippen molar-refractivity contribution in [2.45, 2.75) is 26.1 Å². The molecule has 0 aliphatic carbocycles. The summed E-state index contributed by atoms with van der Waals surface area (Å²) in [6.45, 7) is 4.98. The molecule has 1 aliphatic heterocycles. The number of aryl methyl sites for hydroxylation is 1. The quantitative estimate of drug-likeness (QED) is 0.619. The number of esters is 1. The fraction of sp³-hybridized carbons (Fsp3) is 0.429. The number of carbonyl (C=O) groups excluding carboxylic acids is 2. The van der Waals surface area contributed by atoms with Crippen molar-refractivity contribution in [1.82, 2.24) is 14.6 Å². The van der Waals surface area contributed by atoms with Gasteiger partial charge in [0.1, 0.15) is 5.69 Å². The Morgan fingerprint density at radius 2 is 1.81 bits per heavy atom. The summed E-state index contributed by atoms with van der Waals surface area (Å²) in [6, 6.07) is 7.11. The molecule has 1 fully saturated rings. The molecule has 168 valence electrons. The van der Waals surface area contributed by atoms with E-state index in [1.165, 1.54) is 11.4 Å². The fourth-order valence-corrected chi connectivity index (χ4v) is 5.20. The van der Waals surface area contributed by atoms with Crippen LogP contribution in [-0.4, -0.2) is 63.0 Å². The van der Waals surface area contributed by atoms with Crippen LogP contribution in [0.3, 0.4) is 0 Å². The molecule has 1 saturated heterocycles. The van der Waals surface area contributed by atoms with Crippen LogP contribution in [0.4, 0.5) is 0 Å². The minimum absolute atomic E-state index is 0.147. The van der Waals surface area contributed by atoms with Gasteiger partial charge in [0.25, 0.3) is 5.91 Å². The first-order valence-electron chi connectivity index (χ1n) is 9.92. The number of morpholine rings is 1. The summed E-state index contributed by atoms with van der Waals surface area (Å²) in [5.41, 5.74) is 3.00. The summed E-state index contributed by atoms with van der Waals surface area (Å²) in [5, 5.41) is 2.81. The maximum atomic E-state index is 12.8. The van der Waals surface area contributed by atoms with E-state index in [-0.39, 0.29) is 23.9 Å². The third kappa shape index (κ3) is 5.15. The molecule has 0 radical (unpaired) electrons. The summed E-state index contributed by atoms with van der Waals surface area (Å²) in [5.74, 6) is -1.04. The average Bonchev–Trinajstić information content (AvgIpc) is 3.06. The van der Waals surface area contributed by atoms with Crippen LogP contribution in [0.1, 0.15) is 43.2 Å². The van der Waals surface area contributed by atoms with Gasteiger partial charge in [-0.15, -0.1) is 0 Å². The lowest BCUT2D eigenvalue weighted by Crippen LogP contribution is -2.41. The number of benzene rings is 1. The first-order valence-corrected chi connectivity index (χ1v) is 11.5. The Labute approximate surface area is 181 Å². The third-order valence-corrected chi connectivity index (χ3v) is 7.14. The standard InChI is InChI=1S/C21H27N3O6S/c1-14-18(21(26)29-3)15(2)23-19(14)20(25)22-12-16-6-4-5-7-17(16)13-31(27,28)24-8-10-30-11-9-24/h4-7,23H,8-13H2,1-3H3,(H,22,25). The van der Waals surface area contributed by atoms with Gasteiger partial charge in [0.05, 0.1) is 31.6 Å². The lowest BCUT2D eigenvalue weighted by atomic mass is 10.1. The molecule has 0 atom stereocenters. The normalized spacial score (nSPS) is 14.9. The number of rotatable bonds is 7. The maximum absolute atomic E-state index is 12.8. The first-order chi connectivity index (χ1) is 14.7. The smallest absolute Gasteiger partial charge is 0.339 e. The van der Waals surface area contributed by atoms with Crippen molar-refractivity contribution < 1.29 is 27.5 Å². The van der Waals surface area contributed by atoms with E-state index in [0.717, 1.165) is 0 Å². The van der Waals surface area contributed by atoms with E-state index in [4.69, 9.17) is 9.47 Å². The first kappa shape index (κ1) is 23.0. The van der Waals surface area contributed by atoms with Gasteiger partial charge in [0.15, 0.2) is 0 Å². The van der Waals surface area contributed by atoms with Crippen LogP contribution in [0, 0.1) is 13.8 Å². The van der Waals surface area contributed by atoms with E-state index < -0.39 is 16.0 Å². The lowest BCUT2D eigenvalue weighted by molar-refractivity contribution is 0.0599. The predicted octanol–water partition coefficient (Wildman–Crippen LogP) is 1.51. The molecule has 0 unspecified atom stereocenters. The minimum atomic E-state index is -3.49. The summed E-state index contributed by atoms with van der Waals surface area (Å²) in [4.78, 5) is 27.6. The van der Waals surface area contributed by atoms with E-state index in [1.54, 1.807) is 38.1 Å². The molecule has 1 aliphatic rings. The number of hydrogen-bond acceptors (Lipinski definition) is 6. The largest absolute Gasteiger partial charge is 0.465 e. The number of carbonyl (C=O) groups is 2. The lowest BCUT2D eigenvalue weighted by Gasteiger charge is -2.26. The van der Waals surface area contributed by atoms with Gasteiger partial charge in [-0.2, -0.15) is 4.31 Å². The Balaban J connectivity index is 1.73. The molecular formula is C21H27N3O6S. The zero-order chi connectivity index (χ0) is 22.6. The highest BCUT2D eigenvalue weighted by atomic mass is 32.2. The van der Waals surface area contributed by atoms with Crippen LogP contribution in [0.2, 0.25) is 0 Å². The number of H-pyrrole nitrogens is 1. The number of aromatic amines is 1. The molecule has 1 amide bonds. The van der Waals surface area contributed by atoms with Crippen molar-refractivity contribution in [3.63, 3.8) is 0 Å². The van der Waals surface area contributed by atoms with Crippen LogP contribution in [0.15, 0.2) is 24.3 Å². The SMILES string of the molecule is COC(=O)c1c(C)[nH]c(C(=O)NCc2ccccc2CS(=O)(=O)N2CCOCC2)c1C. The highest BCUT2D eigenvalue weighted by Gasteiger charge is 2.26. The molecule has 0 bridgehead atoms.